The Bertz CT molecular complexity index is 1340. The molecule has 1 fully saturated rings. The van der Waals surface area contributed by atoms with E-state index in [0.29, 0.717) is 22.3 Å². The van der Waals surface area contributed by atoms with E-state index >= 15 is 0 Å². The topological polar surface area (TPSA) is 112 Å². The number of hydrogen-bond donors (Lipinski definition) is 1. The van der Waals surface area contributed by atoms with E-state index in [9.17, 15) is 8.42 Å². The molecule has 9 nitrogen and oxygen atoms in total. The Balaban J connectivity index is 1.76. The van der Waals surface area contributed by atoms with Crippen LogP contribution in [-0.4, -0.2) is 51.3 Å². The number of anilines is 1. The van der Waals surface area contributed by atoms with Crippen molar-refractivity contribution in [3.8, 4) is 11.3 Å². The van der Waals surface area contributed by atoms with Crippen molar-refractivity contribution in [2.75, 3.05) is 18.0 Å². The van der Waals surface area contributed by atoms with Crippen molar-refractivity contribution in [3.05, 3.63) is 55.1 Å². The van der Waals surface area contributed by atoms with Crippen LogP contribution in [0.15, 0.2) is 60.0 Å². The van der Waals surface area contributed by atoms with E-state index in [4.69, 9.17) is 5.73 Å². The largest absolute Gasteiger partial charge is 0.356 e. The van der Waals surface area contributed by atoms with Crippen molar-refractivity contribution in [1.29, 1.82) is 0 Å². The second kappa shape index (κ2) is 7.47. The van der Waals surface area contributed by atoms with E-state index in [0.717, 1.165) is 31.7 Å². The van der Waals surface area contributed by atoms with Crippen molar-refractivity contribution >= 4 is 26.9 Å². The van der Waals surface area contributed by atoms with Gasteiger partial charge in [-0.25, -0.2) is 22.4 Å². The van der Waals surface area contributed by atoms with Crippen molar-refractivity contribution in [2.24, 2.45) is 12.8 Å². The molecule has 3 aromatic heterocycles. The summed E-state index contributed by atoms with van der Waals surface area (Å²) in [5.41, 5.74) is 7.60. The van der Waals surface area contributed by atoms with Gasteiger partial charge in [0.25, 0.3) is 10.0 Å². The van der Waals surface area contributed by atoms with Crippen LogP contribution in [0, 0.1) is 0 Å². The quantitative estimate of drug-likeness (QED) is 0.520. The molecule has 0 aliphatic carbocycles. The van der Waals surface area contributed by atoms with Gasteiger partial charge in [0.15, 0.2) is 5.65 Å². The summed E-state index contributed by atoms with van der Waals surface area (Å²) in [4.78, 5) is 11.2. The molecule has 5 rings (SSSR count). The van der Waals surface area contributed by atoms with Crippen LogP contribution < -0.4 is 10.6 Å². The van der Waals surface area contributed by atoms with Crippen molar-refractivity contribution in [3.63, 3.8) is 0 Å². The van der Waals surface area contributed by atoms with Gasteiger partial charge in [-0.3, -0.25) is 4.68 Å². The molecule has 4 heterocycles. The van der Waals surface area contributed by atoms with E-state index < -0.39 is 10.0 Å². The van der Waals surface area contributed by atoms with Crippen LogP contribution in [-0.2, 0) is 17.1 Å². The van der Waals surface area contributed by atoms with E-state index in [2.05, 4.69) is 20.0 Å². The molecule has 0 atom stereocenters. The van der Waals surface area contributed by atoms with Gasteiger partial charge in [0.2, 0.25) is 0 Å². The SMILES string of the molecule is Cn1cc(-c2cc3c(N4CCC(N)CC4)ncnc3n2S(=O)(=O)c2ccccc2)cn1. The molecule has 2 N–H and O–H groups in total. The van der Waals surface area contributed by atoms with Crippen LogP contribution in [0.3, 0.4) is 0 Å². The zero-order valence-electron chi connectivity index (χ0n) is 17.1. The standard InChI is InChI=1S/C21H23N7O2S/c1-26-13-15(12-25-26)19-11-18-20(27-9-7-16(22)8-10-27)23-14-24-21(18)28(19)31(29,30)17-5-3-2-4-6-17/h2-6,11-14,16H,7-10,22H2,1H3. The van der Waals surface area contributed by atoms with Gasteiger partial charge >= 0.3 is 0 Å². The predicted octanol–water partition coefficient (Wildman–Crippen LogP) is 2.00. The lowest BCUT2D eigenvalue weighted by Crippen LogP contribution is -2.40. The third-order valence-corrected chi connectivity index (χ3v) is 7.37. The highest BCUT2D eigenvalue weighted by atomic mass is 32.2. The molecule has 10 heteroatoms. The van der Waals surface area contributed by atoms with Crippen molar-refractivity contribution in [2.45, 2.75) is 23.8 Å². The fourth-order valence-electron chi connectivity index (χ4n) is 4.04. The maximum Gasteiger partial charge on any atom is 0.269 e. The highest BCUT2D eigenvalue weighted by Gasteiger charge is 2.28. The Hall–Kier alpha value is -3.24. The summed E-state index contributed by atoms with van der Waals surface area (Å²) in [6.45, 7) is 1.54. The molecule has 1 saturated heterocycles. The summed E-state index contributed by atoms with van der Waals surface area (Å²) >= 11 is 0. The molecular weight excluding hydrogens is 414 g/mol. The average molecular weight is 438 g/mol. The Morgan fingerprint density at radius 2 is 1.84 bits per heavy atom. The zero-order chi connectivity index (χ0) is 21.6. The van der Waals surface area contributed by atoms with E-state index in [1.54, 1.807) is 54.5 Å². The first-order chi connectivity index (χ1) is 14.9. The predicted molar refractivity (Wildman–Crippen MR) is 118 cm³/mol. The molecule has 0 spiro atoms. The van der Waals surface area contributed by atoms with E-state index in [1.165, 1.54) is 10.3 Å². The van der Waals surface area contributed by atoms with Crippen LogP contribution >= 0.6 is 0 Å². The van der Waals surface area contributed by atoms with Crippen LogP contribution in [0.4, 0.5) is 5.82 Å². The summed E-state index contributed by atoms with van der Waals surface area (Å²) in [5.74, 6) is 0.726. The molecule has 1 aromatic carbocycles. The van der Waals surface area contributed by atoms with Crippen LogP contribution in [0.5, 0.6) is 0 Å². The summed E-state index contributed by atoms with van der Waals surface area (Å²) in [7, 11) is -2.10. The van der Waals surface area contributed by atoms with Crippen LogP contribution in [0.2, 0.25) is 0 Å². The summed E-state index contributed by atoms with van der Waals surface area (Å²) in [5, 5.41) is 4.92. The number of hydrogen-bond acceptors (Lipinski definition) is 7. The number of aryl methyl sites for hydroxylation is 1. The Labute approximate surface area is 180 Å². The number of nitrogens with two attached hydrogens (primary N) is 1. The molecule has 0 amide bonds. The Kier molecular flexibility index (Phi) is 4.75. The van der Waals surface area contributed by atoms with Crippen LogP contribution in [0.1, 0.15) is 12.8 Å². The number of piperidine rings is 1. The van der Waals surface area contributed by atoms with E-state index in [-0.39, 0.29) is 10.9 Å². The molecular formula is C21H23N7O2S. The minimum Gasteiger partial charge on any atom is -0.356 e. The fourth-order valence-corrected chi connectivity index (χ4v) is 5.54. The molecule has 1 aliphatic heterocycles. The minimum atomic E-state index is -3.90. The first-order valence-corrected chi connectivity index (χ1v) is 11.6. The first kappa shape index (κ1) is 19.7. The summed E-state index contributed by atoms with van der Waals surface area (Å²) < 4.78 is 30.3. The lowest BCUT2D eigenvalue weighted by Gasteiger charge is -2.31. The summed E-state index contributed by atoms with van der Waals surface area (Å²) in [6.07, 6.45) is 6.60. The van der Waals surface area contributed by atoms with Crippen molar-refractivity contribution < 1.29 is 8.42 Å². The number of rotatable bonds is 4. The fraction of sp³-hybridized carbons (Fsp3) is 0.286. The second-order valence-electron chi connectivity index (χ2n) is 7.77. The van der Waals surface area contributed by atoms with Crippen LogP contribution in [0.25, 0.3) is 22.3 Å². The molecule has 4 aromatic rings. The lowest BCUT2D eigenvalue weighted by atomic mass is 10.1. The van der Waals surface area contributed by atoms with Gasteiger partial charge in [-0.2, -0.15) is 5.10 Å². The Morgan fingerprint density at radius 1 is 1.10 bits per heavy atom. The van der Waals surface area contributed by atoms with E-state index in [1.807, 2.05) is 6.07 Å². The van der Waals surface area contributed by atoms with Gasteiger partial charge in [0, 0.05) is 37.9 Å². The third-order valence-electron chi connectivity index (χ3n) is 5.66. The highest BCUT2D eigenvalue weighted by Crippen LogP contribution is 2.35. The van der Waals surface area contributed by atoms with Gasteiger partial charge < -0.3 is 10.6 Å². The molecule has 0 radical (unpaired) electrons. The molecule has 0 saturated carbocycles. The van der Waals surface area contributed by atoms with Gasteiger partial charge in [-0.1, -0.05) is 18.2 Å². The molecule has 0 unspecified atom stereocenters. The Morgan fingerprint density at radius 3 is 2.52 bits per heavy atom. The minimum absolute atomic E-state index is 0.183. The van der Waals surface area contributed by atoms with Gasteiger partial charge in [0.05, 0.1) is 22.2 Å². The summed E-state index contributed by atoms with van der Waals surface area (Å²) in [6, 6.07) is 10.4. The van der Waals surface area contributed by atoms with Gasteiger partial charge in [-0.05, 0) is 31.0 Å². The number of nitrogens with zero attached hydrogens (tertiary/aromatic N) is 6. The number of fused-ring (bicyclic) bond motifs is 1. The number of benzene rings is 1. The maximum absolute atomic E-state index is 13.7. The van der Waals surface area contributed by atoms with Gasteiger partial charge in [0.1, 0.15) is 12.1 Å². The first-order valence-electron chi connectivity index (χ1n) is 10.1. The zero-order valence-corrected chi connectivity index (χ0v) is 17.9. The van der Waals surface area contributed by atoms with Crippen molar-refractivity contribution in [1.82, 2.24) is 23.7 Å². The highest BCUT2D eigenvalue weighted by molar-refractivity contribution is 7.90. The molecule has 0 bridgehead atoms. The maximum atomic E-state index is 13.7. The lowest BCUT2D eigenvalue weighted by molar-refractivity contribution is 0.499. The second-order valence-corrected chi connectivity index (χ2v) is 9.56. The third kappa shape index (κ3) is 3.37. The monoisotopic (exact) mass is 437 g/mol. The smallest absolute Gasteiger partial charge is 0.269 e. The normalized spacial score (nSPS) is 15.6. The van der Waals surface area contributed by atoms with Gasteiger partial charge in [-0.15, -0.1) is 0 Å². The average Bonchev–Trinajstić information content (AvgIpc) is 3.38. The molecule has 160 valence electrons. The molecule has 31 heavy (non-hydrogen) atoms. The number of aromatic nitrogens is 5. The molecule has 1 aliphatic rings.